The molecule has 3 heterocycles. The third-order valence-electron chi connectivity index (χ3n) is 5.53. The highest BCUT2D eigenvalue weighted by Crippen LogP contribution is 2.29. The van der Waals surface area contributed by atoms with Gasteiger partial charge in [-0.1, -0.05) is 30.3 Å². The van der Waals surface area contributed by atoms with Gasteiger partial charge in [0.1, 0.15) is 5.60 Å². The smallest absolute Gasteiger partial charge is 0.420 e. The average Bonchev–Trinajstić information content (AvgIpc) is 3.38. The first-order chi connectivity index (χ1) is 16.3. The van der Waals surface area contributed by atoms with E-state index in [0.29, 0.717) is 17.6 Å². The number of aromatic nitrogens is 3. The lowest BCUT2D eigenvalue weighted by atomic mass is 10.0. The molecular weight excluding hydrogens is 428 g/mol. The molecule has 0 radical (unpaired) electrons. The van der Waals surface area contributed by atoms with Crippen LogP contribution in [0.2, 0.25) is 0 Å². The Balaban J connectivity index is 1.62. The Labute approximate surface area is 197 Å². The summed E-state index contributed by atoms with van der Waals surface area (Å²) < 4.78 is 6.94. The number of rotatable bonds is 4. The summed E-state index contributed by atoms with van der Waals surface area (Å²) in [5.41, 5.74) is 4.93. The number of fused-ring (bicyclic) bond motifs is 2. The number of hydrogen-bond donors (Lipinski definition) is 0. The topological polar surface area (TPSA) is 86.4 Å². The second-order valence-corrected chi connectivity index (χ2v) is 9.24. The van der Waals surface area contributed by atoms with E-state index in [1.807, 2.05) is 54.6 Å². The van der Waals surface area contributed by atoms with Crippen LogP contribution in [0.1, 0.15) is 53.6 Å². The molecule has 1 aliphatic heterocycles. The molecule has 0 saturated carbocycles. The van der Waals surface area contributed by atoms with E-state index in [1.54, 1.807) is 33.2 Å². The van der Waals surface area contributed by atoms with Crippen LogP contribution in [0, 0.1) is 0 Å². The van der Waals surface area contributed by atoms with Crippen LogP contribution in [-0.4, -0.2) is 37.7 Å². The minimum Gasteiger partial charge on any atom is -0.443 e. The molecule has 0 saturated heterocycles. The van der Waals surface area contributed by atoms with Gasteiger partial charge in [-0.05, 0) is 56.2 Å². The molecule has 0 spiro atoms. The molecule has 0 atom stereocenters. The van der Waals surface area contributed by atoms with Gasteiger partial charge in [0.2, 0.25) is 5.78 Å². The maximum Gasteiger partial charge on any atom is 0.420 e. The van der Waals surface area contributed by atoms with Crippen molar-refractivity contribution in [3.05, 3.63) is 95.1 Å². The monoisotopic (exact) mass is 452 g/mol. The van der Waals surface area contributed by atoms with Gasteiger partial charge in [0, 0.05) is 29.9 Å². The first-order valence-corrected chi connectivity index (χ1v) is 11.1. The van der Waals surface area contributed by atoms with Crippen molar-refractivity contribution in [2.75, 3.05) is 0 Å². The average molecular weight is 453 g/mol. The summed E-state index contributed by atoms with van der Waals surface area (Å²) in [7, 11) is 0. The van der Waals surface area contributed by atoms with Crippen molar-refractivity contribution in [2.45, 2.75) is 39.3 Å². The Hall–Kier alpha value is -4.13. The zero-order valence-electron chi connectivity index (χ0n) is 19.3. The largest absolute Gasteiger partial charge is 0.443 e. The number of carbonyl (C=O) groups is 2. The fourth-order valence-electron chi connectivity index (χ4n) is 4.06. The lowest BCUT2D eigenvalue weighted by Crippen LogP contribution is -2.29. The van der Waals surface area contributed by atoms with Gasteiger partial charge in [-0.3, -0.25) is 14.8 Å². The SMILES string of the molecule is CC(C)(C)OC(=O)n1c(C(=O)Cc2ccccc2)nc2cc3c(cc21)CN=C3c1ccncc1. The van der Waals surface area contributed by atoms with Gasteiger partial charge in [0.05, 0.1) is 23.3 Å². The van der Waals surface area contributed by atoms with Crippen LogP contribution < -0.4 is 0 Å². The van der Waals surface area contributed by atoms with Crippen LogP contribution in [0.5, 0.6) is 0 Å². The molecule has 1 aliphatic rings. The second-order valence-electron chi connectivity index (χ2n) is 9.24. The number of ether oxygens (including phenoxy) is 1. The van der Waals surface area contributed by atoms with Gasteiger partial charge >= 0.3 is 6.09 Å². The van der Waals surface area contributed by atoms with Crippen LogP contribution in [-0.2, 0) is 17.7 Å². The Morgan fingerprint density at radius 2 is 1.76 bits per heavy atom. The molecule has 5 rings (SSSR count). The molecule has 0 amide bonds. The number of benzene rings is 2. The van der Waals surface area contributed by atoms with Crippen molar-refractivity contribution in [3.8, 4) is 0 Å². The summed E-state index contributed by atoms with van der Waals surface area (Å²) in [4.78, 5) is 39.9. The van der Waals surface area contributed by atoms with Crippen LogP contribution in [0.25, 0.3) is 11.0 Å². The van der Waals surface area contributed by atoms with Gasteiger partial charge in [0.25, 0.3) is 0 Å². The quantitative estimate of drug-likeness (QED) is 0.407. The minimum atomic E-state index is -0.720. The third-order valence-corrected chi connectivity index (χ3v) is 5.53. The number of nitrogens with zero attached hydrogens (tertiary/aromatic N) is 4. The van der Waals surface area contributed by atoms with Crippen LogP contribution in [0.15, 0.2) is 72.0 Å². The fraction of sp³-hybridized carbons (Fsp3) is 0.222. The lowest BCUT2D eigenvalue weighted by Gasteiger charge is -2.20. The Morgan fingerprint density at radius 3 is 2.47 bits per heavy atom. The van der Waals surface area contributed by atoms with E-state index in [0.717, 1.165) is 28.0 Å². The predicted molar refractivity (Wildman–Crippen MR) is 129 cm³/mol. The summed E-state index contributed by atoms with van der Waals surface area (Å²) in [5.74, 6) is -0.185. The number of Topliss-reactive ketones (excluding diaryl/α,β-unsaturated/α-hetero) is 1. The molecule has 2 aromatic heterocycles. The van der Waals surface area contributed by atoms with E-state index < -0.39 is 11.7 Å². The number of ketones is 1. The molecule has 7 nitrogen and oxygen atoms in total. The van der Waals surface area contributed by atoms with Crippen LogP contribution in [0.3, 0.4) is 0 Å². The fourth-order valence-corrected chi connectivity index (χ4v) is 4.06. The maximum atomic E-state index is 13.3. The molecule has 34 heavy (non-hydrogen) atoms. The molecule has 0 bridgehead atoms. The van der Waals surface area contributed by atoms with Gasteiger partial charge < -0.3 is 4.74 Å². The summed E-state index contributed by atoms with van der Waals surface area (Å²) >= 11 is 0. The maximum absolute atomic E-state index is 13.3. The summed E-state index contributed by atoms with van der Waals surface area (Å²) in [5, 5.41) is 0. The van der Waals surface area contributed by atoms with E-state index in [-0.39, 0.29) is 18.0 Å². The van der Waals surface area contributed by atoms with Crippen LogP contribution in [0.4, 0.5) is 4.79 Å². The van der Waals surface area contributed by atoms with E-state index >= 15 is 0 Å². The number of hydrogen-bond acceptors (Lipinski definition) is 6. The van der Waals surface area contributed by atoms with Crippen molar-refractivity contribution in [1.82, 2.24) is 14.5 Å². The lowest BCUT2D eigenvalue weighted by molar-refractivity contribution is 0.0534. The Morgan fingerprint density at radius 1 is 1.03 bits per heavy atom. The zero-order chi connectivity index (χ0) is 23.9. The van der Waals surface area contributed by atoms with Crippen molar-refractivity contribution in [1.29, 1.82) is 0 Å². The zero-order valence-corrected chi connectivity index (χ0v) is 19.3. The van der Waals surface area contributed by atoms with Gasteiger partial charge in [-0.2, -0.15) is 0 Å². The number of aliphatic imine (C=N–C) groups is 1. The minimum absolute atomic E-state index is 0.0687. The van der Waals surface area contributed by atoms with Gasteiger partial charge in [0.15, 0.2) is 5.82 Å². The van der Waals surface area contributed by atoms with Gasteiger partial charge in [-0.15, -0.1) is 0 Å². The van der Waals surface area contributed by atoms with E-state index in [4.69, 9.17) is 9.73 Å². The Kier molecular flexibility index (Phi) is 5.32. The van der Waals surface area contributed by atoms with E-state index in [9.17, 15) is 9.59 Å². The Bertz CT molecular complexity index is 1430. The molecule has 2 aromatic carbocycles. The highest BCUT2D eigenvalue weighted by molar-refractivity contribution is 6.16. The summed E-state index contributed by atoms with van der Waals surface area (Å²) in [6, 6.07) is 17.0. The first kappa shape index (κ1) is 21.7. The highest BCUT2D eigenvalue weighted by atomic mass is 16.6. The molecule has 4 aromatic rings. The van der Waals surface area contributed by atoms with Crippen LogP contribution >= 0.6 is 0 Å². The van der Waals surface area contributed by atoms with Crippen molar-refractivity contribution in [3.63, 3.8) is 0 Å². The molecule has 0 aliphatic carbocycles. The highest BCUT2D eigenvalue weighted by Gasteiger charge is 2.28. The third kappa shape index (κ3) is 4.12. The first-order valence-electron chi connectivity index (χ1n) is 11.1. The summed E-state index contributed by atoms with van der Waals surface area (Å²) in [6.07, 6.45) is 2.97. The molecular formula is C27H24N4O3. The molecule has 0 fully saturated rings. The van der Waals surface area contributed by atoms with Gasteiger partial charge in [-0.25, -0.2) is 14.3 Å². The molecule has 0 unspecified atom stereocenters. The standard InChI is InChI=1S/C27H24N4O3/c1-27(2,3)34-26(33)31-22-14-19-16-29-24(18-9-11-28-12-10-18)20(19)15-21(22)30-25(31)23(32)13-17-7-5-4-6-8-17/h4-12,14-15H,13,16H2,1-3H3. The van der Waals surface area contributed by atoms with E-state index in [2.05, 4.69) is 9.97 Å². The molecule has 0 N–H and O–H groups in total. The van der Waals surface area contributed by atoms with Crippen molar-refractivity contribution in [2.24, 2.45) is 4.99 Å². The molecule has 7 heteroatoms. The number of carbonyl (C=O) groups excluding carboxylic acids is 2. The van der Waals surface area contributed by atoms with E-state index in [1.165, 1.54) is 4.57 Å². The molecule has 170 valence electrons. The van der Waals surface area contributed by atoms with Crippen molar-refractivity contribution < 1.29 is 14.3 Å². The summed E-state index contributed by atoms with van der Waals surface area (Å²) in [6.45, 7) is 5.86. The van der Waals surface area contributed by atoms with Crippen molar-refractivity contribution >= 4 is 28.6 Å². The number of imidazole rings is 1. The second kappa shape index (κ2) is 8.33. The predicted octanol–water partition coefficient (Wildman–Crippen LogP) is 4.99. The normalized spacial score (nSPS) is 13.0. The number of pyridine rings is 1.